The molecule has 0 aliphatic heterocycles. The molecule has 0 spiro atoms. The van der Waals surface area contributed by atoms with Crippen molar-refractivity contribution in [2.75, 3.05) is 0 Å². The van der Waals surface area contributed by atoms with Gasteiger partial charge >= 0.3 is 5.97 Å². The molecule has 3 heteroatoms. The molecular formula is C10H16O3. The molecule has 0 bridgehead atoms. The van der Waals surface area contributed by atoms with Gasteiger partial charge in [0, 0.05) is 6.42 Å². The number of hydrogen-bond donors (Lipinski definition) is 2. The Hall–Kier alpha value is -1.01. The van der Waals surface area contributed by atoms with Crippen LogP contribution in [0.15, 0.2) is 0 Å². The molecule has 1 unspecified atom stereocenters. The highest BCUT2D eigenvalue weighted by Gasteiger charge is 2.34. The second-order valence-corrected chi connectivity index (χ2v) is 3.50. The lowest BCUT2D eigenvalue weighted by Crippen LogP contribution is -2.36. The Kier molecular flexibility index (Phi) is 4.50. The van der Waals surface area contributed by atoms with Crippen molar-refractivity contribution < 1.29 is 15.0 Å². The fraction of sp³-hybridized carbons (Fsp3) is 0.700. The Morgan fingerprint density at radius 2 is 2.08 bits per heavy atom. The van der Waals surface area contributed by atoms with Crippen LogP contribution >= 0.6 is 0 Å². The quantitative estimate of drug-likeness (QED) is 0.649. The van der Waals surface area contributed by atoms with Gasteiger partial charge in [0.2, 0.25) is 0 Å². The number of carboxylic acids is 1. The van der Waals surface area contributed by atoms with Crippen molar-refractivity contribution in [3.05, 3.63) is 0 Å². The Morgan fingerprint density at radius 3 is 2.46 bits per heavy atom. The van der Waals surface area contributed by atoms with Crippen molar-refractivity contribution in [3.8, 4) is 11.8 Å². The molecule has 0 aliphatic carbocycles. The van der Waals surface area contributed by atoms with Gasteiger partial charge in [-0.05, 0) is 20.3 Å². The molecule has 0 heterocycles. The van der Waals surface area contributed by atoms with E-state index in [9.17, 15) is 9.90 Å². The molecule has 74 valence electrons. The van der Waals surface area contributed by atoms with Crippen molar-refractivity contribution in [2.45, 2.75) is 39.7 Å². The molecule has 0 rings (SSSR count). The number of aliphatic hydroxyl groups excluding tert-OH is 1. The van der Waals surface area contributed by atoms with E-state index < -0.39 is 17.5 Å². The molecule has 2 N–H and O–H groups in total. The lowest BCUT2D eigenvalue weighted by Gasteiger charge is -2.21. The summed E-state index contributed by atoms with van der Waals surface area (Å²) >= 11 is 0. The van der Waals surface area contributed by atoms with Crippen molar-refractivity contribution in [3.63, 3.8) is 0 Å². The molecule has 0 saturated carbocycles. The largest absolute Gasteiger partial charge is 0.481 e. The third-order valence-corrected chi connectivity index (χ3v) is 1.85. The van der Waals surface area contributed by atoms with Gasteiger partial charge in [0.25, 0.3) is 0 Å². The standard InChI is InChI=1S/C10H16O3/c1-4-5-6-7-8(11)10(2,3)9(12)13/h8,11H,4-5H2,1-3H3,(H,12,13). The lowest BCUT2D eigenvalue weighted by molar-refractivity contribution is -0.151. The summed E-state index contributed by atoms with van der Waals surface area (Å²) in [6.07, 6.45) is 0.497. The minimum atomic E-state index is -1.19. The third-order valence-electron chi connectivity index (χ3n) is 1.85. The molecule has 13 heavy (non-hydrogen) atoms. The van der Waals surface area contributed by atoms with Crippen molar-refractivity contribution >= 4 is 5.97 Å². The number of carbonyl (C=O) groups is 1. The maximum atomic E-state index is 10.7. The first-order valence-corrected chi connectivity index (χ1v) is 4.32. The molecular weight excluding hydrogens is 168 g/mol. The van der Waals surface area contributed by atoms with Crippen LogP contribution in [0.25, 0.3) is 0 Å². The number of carboxylic acid groups (broad SMARTS) is 1. The predicted octanol–water partition coefficient (Wildman–Crippen LogP) is 1.26. The highest BCUT2D eigenvalue weighted by atomic mass is 16.4. The zero-order valence-electron chi connectivity index (χ0n) is 8.29. The fourth-order valence-corrected chi connectivity index (χ4v) is 0.591. The zero-order valence-corrected chi connectivity index (χ0v) is 8.29. The average molecular weight is 184 g/mol. The molecule has 0 amide bonds. The van der Waals surface area contributed by atoms with Gasteiger partial charge in [-0.3, -0.25) is 4.79 Å². The minimum Gasteiger partial charge on any atom is -0.481 e. The Labute approximate surface area is 78.8 Å². The highest BCUT2D eigenvalue weighted by Crippen LogP contribution is 2.20. The van der Waals surface area contributed by atoms with Gasteiger partial charge in [-0.1, -0.05) is 12.8 Å². The van der Waals surface area contributed by atoms with E-state index in [0.29, 0.717) is 6.42 Å². The maximum absolute atomic E-state index is 10.7. The van der Waals surface area contributed by atoms with E-state index in [1.54, 1.807) is 0 Å². The van der Waals surface area contributed by atoms with E-state index in [-0.39, 0.29) is 0 Å². The van der Waals surface area contributed by atoms with E-state index in [2.05, 4.69) is 11.8 Å². The topological polar surface area (TPSA) is 57.5 Å². The zero-order chi connectivity index (χ0) is 10.5. The summed E-state index contributed by atoms with van der Waals surface area (Å²) in [7, 11) is 0. The van der Waals surface area contributed by atoms with Crippen LogP contribution in [0.3, 0.4) is 0 Å². The van der Waals surface area contributed by atoms with Crippen LogP contribution in [-0.2, 0) is 4.79 Å². The van der Waals surface area contributed by atoms with Crippen molar-refractivity contribution in [1.29, 1.82) is 0 Å². The van der Waals surface area contributed by atoms with Crippen molar-refractivity contribution in [1.82, 2.24) is 0 Å². The van der Waals surface area contributed by atoms with E-state index in [0.717, 1.165) is 6.42 Å². The van der Waals surface area contributed by atoms with Crippen molar-refractivity contribution in [2.24, 2.45) is 5.41 Å². The summed E-state index contributed by atoms with van der Waals surface area (Å²) in [5.74, 6) is 4.23. The van der Waals surface area contributed by atoms with Gasteiger partial charge in [-0.2, -0.15) is 0 Å². The van der Waals surface area contributed by atoms with Crippen LogP contribution in [0, 0.1) is 17.3 Å². The smallest absolute Gasteiger partial charge is 0.312 e. The molecule has 0 fully saturated rings. The predicted molar refractivity (Wildman–Crippen MR) is 50.1 cm³/mol. The summed E-state index contributed by atoms with van der Waals surface area (Å²) < 4.78 is 0. The van der Waals surface area contributed by atoms with Crippen LogP contribution in [0.2, 0.25) is 0 Å². The van der Waals surface area contributed by atoms with Gasteiger partial charge in [0.05, 0.1) is 5.41 Å². The molecule has 0 aromatic rings. The second-order valence-electron chi connectivity index (χ2n) is 3.50. The van der Waals surface area contributed by atoms with E-state index in [1.165, 1.54) is 13.8 Å². The maximum Gasteiger partial charge on any atom is 0.312 e. The number of rotatable bonds is 3. The summed E-state index contributed by atoms with van der Waals surface area (Å²) in [5, 5.41) is 18.2. The molecule has 0 aromatic carbocycles. The summed E-state index contributed by atoms with van der Waals surface area (Å²) in [5.41, 5.74) is -1.19. The number of unbranched alkanes of at least 4 members (excludes halogenated alkanes) is 1. The monoisotopic (exact) mass is 184 g/mol. The van der Waals surface area contributed by atoms with Gasteiger partial charge < -0.3 is 10.2 Å². The van der Waals surface area contributed by atoms with Crippen LogP contribution < -0.4 is 0 Å². The lowest BCUT2D eigenvalue weighted by atomic mass is 9.87. The number of aliphatic hydroxyl groups is 1. The van der Waals surface area contributed by atoms with Gasteiger partial charge in [-0.25, -0.2) is 0 Å². The highest BCUT2D eigenvalue weighted by molar-refractivity contribution is 5.75. The van der Waals surface area contributed by atoms with Crippen LogP contribution in [0.1, 0.15) is 33.6 Å². The molecule has 0 aliphatic rings. The van der Waals surface area contributed by atoms with E-state index >= 15 is 0 Å². The first kappa shape index (κ1) is 12.0. The first-order valence-electron chi connectivity index (χ1n) is 4.32. The fourth-order valence-electron chi connectivity index (χ4n) is 0.591. The first-order chi connectivity index (χ1) is 5.92. The molecule has 0 radical (unpaired) electrons. The van der Waals surface area contributed by atoms with Gasteiger partial charge in [-0.15, -0.1) is 5.92 Å². The normalized spacial score (nSPS) is 12.9. The second kappa shape index (κ2) is 4.88. The minimum absolute atomic E-state index is 0.687. The summed E-state index contributed by atoms with van der Waals surface area (Å²) in [6.45, 7) is 4.89. The molecule has 3 nitrogen and oxygen atoms in total. The van der Waals surface area contributed by atoms with E-state index in [4.69, 9.17) is 5.11 Å². The molecule has 0 aromatic heterocycles. The van der Waals surface area contributed by atoms with Crippen LogP contribution in [0.4, 0.5) is 0 Å². The molecule has 0 saturated heterocycles. The SMILES string of the molecule is CCCC#CC(O)C(C)(C)C(=O)O. The van der Waals surface area contributed by atoms with Crippen LogP contribution in [0.5, 0.6) is 0 Å². The Bertz CT molecular complexity index is 232. The number of hydrogen-bond acceptors (Lipinski definition) is 2. The average Bonchev–Trinajstić information content (AvgIpc) is 2.04. The Morgan fingerprint density at radius 1 is 1.54 bits per heavy atom. The van der Waals surface area contributed by atoms with Gasteiger partial charge in [0.1, 0.15) is 6.10 Å². The third kappa shape index (κ3) is 3.47. The summed E-state index contributed by atoms with van der Waals surface area (Å²) in [6, 6.07) is 0. The van der Waals surface area contributed by atoms with Crippen LogP contribution in [-0.4, -0.2) is 22.3 Å². The number of aliphatic carboxylic acids is 1. The Balaban J connectivity index is 4.35. The van der Waals surface area contributed by atoms with Gasteiger partial charge in [0.15, 0.2) is 0 Å². The van der Waals surface area contributed by atoms with E-state index in [1.807, 2.05) is 6.92 Å². The summed E-state index contributed by atoms with van der Waals surface area (Å²) in [4.78, 5) is 10.7. The molecule has 1 atom stereocenters.